The van der Waals surface area contributed by atoms with E-state index in [1.165, 1.54) is 6.07 Å². The van der Waals surface area contributed by atoms with E-state index in [4.69, 9.17) is 5.26 Å². The highest BCUT2D eigenvalue weighted by molar-refractivity contribution is 5.48. The lowest BCUT2D eigenvalue weighted by Crippen LogP contribution is -2.10. The molecule has 0 heterocycles. The molecule has 0 saturated carbocycles. The SMILES string of the molecule is Cc1cc(NC(CC#N)c2ccccc2)ccc1F. The summed E-state index contributed by atoms with van der Waals surface area (Å²) in [6.07, 6.45) is 0.362. The molecule has 0 amide bonds. The Balaban J connectivity index is 2.22. The number of nitriles is 1. The molecule has 1 unspecified atom stereocenters. The number of anilines is 1. The zero-order valence-corrected chi connectivity index (χ0v) is 10.7. The van der Waals surface area contributed by atoms with E-state index in [-0.39, 0.29) is 11.9 Å². The lowest BCUT2D eigenvalue weighted by atomic mass is 10.0. The van der Waals surface area contributed by atoms with E-state index in [1.54, 1.807) is 19.1 Å². The summed E-state index contributed by atoms with van der Waals surface area (Å²) >= 11 is 0. The lowest BCUT2D eigenvalue weighted by Gasteiger charge is -2.18. The molecule has 0 aliphatic heterocycles. The highest BCUT2D eigenvalue weighted by Gasteiger charge is 2.11. The molecule has 1 N–H and O–H groups in total. The molecule has 2 aromatic carbocycles. The Kier molecular flexibility index (Phi) is 4.15. The molecule has 0 aliphatic rings. The van der Waals surface area contributed by atoms with E-state index in [0.29, 0.717) is 12.0 Å². The van der Waals surface area contributed by atoms with Crippen LogP contribution in [0.1, 0.15) is 23.6 Å². The molecule has 3 heteroatoms. The average molecular weight is 254 g/mol. The summed E-state index contributed by atoms with van der Waals surface area (Å²) in [6.45, 7) is 1.72. The minimum absolute atomic E-state index is 0.0870. The predicted molar refractivity (Wildman–Crippen MR) is 74.2 cm³/mol. The molecule has 0 bridgehead atoms. The zero-order chi connectivity index (χ0) is 13.7. The maximum absolute atomic E-state index is 13.2. The van der Waals surface area contributed by atoms with Crippen LogP contribution < -0.4 is 5.32 Å². The summed E-state index contributed by atoms with van der Waals surface area (Å²) in [5.41, 5.74) is 2.46. The van der Waals surface area contributed by atoms with Crippen LogP contribution in [0.4, 0.5) is 10.1 Å². The molecule has 2 rings (SSSR count). The van der Waals surface area contributed by atoms with E-state index in [1.807, 2.05) is 30.3 Å². The molecule has 2 nitrogen and oxygen atoms in total. The first-order chi connectivity index (χ1) is 9.20. The number of hydrogen-bond acceptors (Lipinski definition) is 2. The van der Waals surface area contributed by atoms with Crippen LogP contribution >= 0.6 is 0 Å². The van der Waals surface area contributed by atoms with Crippen LogP contribution in [0, 0.1) is 24.1 Å². The van der Waals surface area contributed by atoms with E-state index < -0.39 is 0 Å². The third-order valence-electron chi connectivity index (χ3n) is 3.00. The summed E-state index contributed by atoms with van der Waals surface area (Å²) in [6, 6.07) is 16.7. The molecule has 0 aromatic heterocycles. The van der Waals surface area contributed by atoms with Crippen molar-refractivity contribution >= 4 is 5.69 Å². The fourth-order valence-electron chi connectivity index (χ4n) is 1.96. The number of benzene rings is 2. The second-order valence-electron chi connectivity index (χ2n) is 4.43. The van der Waals surface area contributed by atoms with Gasteiger partial charge in [0.15, 0.2) is 0 Å². The first-order valence-corrected chi connectivity index (χ1v) is 6.15. The summed E-state index contributed by atoms with van der Waals surface area (Å²) in [5, 5.41) is 12.2. The minimum Gasteiger partial charge on any atom is -0.377 e. The van der Waals surface area contributed by atoms with Crippen LogP contribution in [-0.2, 0) is 0 Å². The van der Waals surface area contributed by atoms with Crippen LogP contribution in [0.3, 0.4) is 0 Å². The Morgan fingerprint density at radius 2 is 1.95 bits per heavy atom. The van der Waals surface area contributed by atoms with Gasteiger partial charge in [-0.1, -0.05) is 30.3 Å². The van der Waals surface area contributed by atoms with Crippen molar-refractivity contribution in [2.45, 2.75) is 19.4 Å². The lowest BCUT2D eigenvalue weighted by molar-refractivity contribution is 0.618. The predicted octanol–water partition coefficient (Wildman–Crippen LogP) is 4.20. The molecule has 0 radical (unpaired) electrons. The van der Waals surface area contributed by atoms with Crippen LogP contribution in [0.15, 0.2) is 48.5 Å². The Hall–Kier alpha value is -2.34. The van der Waals surface area contributed by atoms with Gasteiger partial charge in [-0.05, 0) is 36.2 Å². The van der Waals surface area contributed by atoms with Gasteiger partial charge in [0.25, 0.3) is 0 Å². The van der Waals surface area contributed by atoms with Gasteiger partial charge >= 0.3 is 0 Å². The smallest absolute Gasteiger partial charge is 0.126 e. The van der Waals surface area contributed by atoms with Crippen LogP contribution in [-0.4, -0.2) is 0 Å². The molecule has 2 aromatic rings. The van der Waals surface area contributed by atoms with E-state index in [9.17, 15) is 4.39 Å². The number of nitrogens with one attached hydrogen (secondary N) is 1. The molecule has 96 valence electrons. The van der Waals surface area contributed by atoms with Crippen molar-refractivity contribution in [3.8, 4) is 6.07 Å². The summed E-state index contributed by atoms with van der Waals surface area (Å²) < 4.78 is 13.2. The van der Waals surface area contributed by atoms with Crippen LogP contribution in [0.2, 0.25) is 0 Å². The Morgan fingerprint density at radius 3 is 2.58 bits per heavy atom. The zero-order valence-electron chi connectivity index (χ0n) is 10.7. The van der Waals surface area contributed by atoms with Crippen molar-refractivity contribution < 1.29 is 4.39 Å². The molecule has 0 aliphatic carbocycles. The molecular weight excluding hydrogens is 239 g/mol. The van der Waals surface area contributed by atoms with Gasteiger partial charge in [0.2, 0.25) is 0 Å². The first-order valence-electron chi connectivity index (χ1n) is 6.15. The minimum atomic E-state index is -0.220. The number of hydrogen-bond donors (Lipinski definition) is 1. The second-order valence-corrected chi connectivity index (χ2v) is 4.43. The summed E-state index contributed by atoms with van der Waals surface area (Å²) in [7, 11) is 0. The normalized spacial score (nSPS) is 11.6. The fraction of sp³-hybridized carbons (Fsp3) is 0.188. The van der Waals surface area contributed by atoms with Gasteiger partial charge in [-0.15, -0.1) is 0 Å². The van der Waals surface area contributed by atoms with Crippen molar-refractivity contribution in [1.82, 2.24) is 0 Å². The summed E-state index contributed by atoms with van der Waals surface area (Å²) in [4.78, 5) is 0. The first kappa shape index (κ1) is 13.1. The van der Waals surface area contributed by atoms with Gasteiger partial charge in [0.05, 0.1) is 18.5 Å². The van der Waals surface area contributed by atoms with Crippen LogP contribution in [0.25, 0.3) is 0 Å². The Bertz CT molecular complexity index is 587. The topological polar surface area (TPSA) is 35.8 Å². The van der Waals surface area contributed by atoms with E-state index >= 15 is 0 Å². The third-order valence-corrected chi connectivity index (χ3v) is 3.00. The molecule has 0 spiro atoms. The largest absolute Gasteiger partial charge is 0.377 e. The van der Waals surface area contributed by atoms with Gasteiger partial charge in [-0.3, -0.25) is 0 Å². The van der Waals surface area contributed by atoms with E-state index in [2.05, 4.69) is 11.4 Å². The van der Waals surface area contributed by atoms with Gasteiger partial charge in [-0.2, -0.15) is 5.26 Å². The number of rotatable bonds is 4. The standard InChI is InChI=1S/C16H15FN2/c1-12-11-14(7-8-15(12)17)19-16(9-10-18)13-5-3-2-4-6-13/h2-8,11,16,19H,9H2,1H3. The third kappa shape index (κ3) is 3.32. The molecule has 19 heavy (non-hydrogen) atoms. The van der Waals surface area contributed by atoms with Crippen molar-refractivity contribution in [3.63, 3.8) is 0 Å². The maximum atomic E-state index is 13.2. The van der Waals surface area contributed by atoms with Crippen molar-refractivity contribution in [2.24, 2.45) is 0 Å². The van der Waals surface area contributed by atoms with Crippen molar-refractivity contribution in [2.75, 3.05) is 5.32 Å². The Labute approximate surface area is 112 Å². The monoisotopic (exact) mass is 254 g/mol. The average Bonchev–Trinajstić information content (AvgIpc) is 2.43. The number of nitrogens with zero attached hydrogens (tertiary/aromatic N) is 1. The number of halogens is 1. The van der Waals surface area contributed by atoms with Gasteiger partial charge in [0.1, 0.15) is 5.82 Å². The molecule has 0 fully saturated rings. The summed E-state index contributed by atoms with van der Waals surface area (Å²) in [5.74, 6) is -0.220. The highest BCUT2D eigenvalue weighted by atomic mass is 19.1. The van der Waals surface area contributed by atoms with Gasteiger partial charge in [0, 0.05) is 5.69 Å². The quantitative estimate of drug-likeness (QED) is 0.887. The Morgan fingerprint density at radius 1 is 1.21 bits per heavy atom. The fourth-order valence-corrected chi connectivity index (χ4v) is 1.96. The second kappa shape index (κ2) is 6.01. The molecule has 1 atom stereocenters. The van der Waals surface area contributed by atoms with Crippen molar-refractivity contribution in [1.29, 1.82) is 5.26 Å². The van der Waals surface area contributed by atoms with Gasteiger partial charge < -0.3 is 5.32 Å². The van der Waals surface area contributed by atoms with Crippen LogP contribution in [0.5, 0.6) is 0 Å². The maximum Gasteiger partial charge on any atom is 0.126 e. The molecule has 0 saturated heterocycles. The van der Waals surface area contributed by atoms with Crippen molar-refractivity contribution in [3.05, 3.63) is 65.5 Å². The number of aryl methyl sites for hydroxylation is 1. The highest BCUT2D eigenvalue weighted by Crippen LogP contribution is 2.23. The molecular formula is C16H15FN2. The van der Waals surface area contributed by atoms with E-state index in [0.717, 1.165) is 11.3 Å². The van der Waals surface area contributed by atoms with Gasteiger partial charge in [-0.25, -0.2) is 4.39 Å².